The summed E-state index contributed by atoms with van der Waals surface area (Å²) in [6, 6.07) is 9.75. The first-order valence-corrected chi connectivity index (χ1v) is 6.78. The number of rotatable bonds is 2. The minimum Gasteiger partial charge on any atom is -0.505 e. The number of hydrogen-bond donors (Lipinski definition) is 3. The lowest BCUT2D eigenvalue weighted by Gasteiger charge is -2.09. The molecule has 0 heterocycles. The maximum atomic E-state index is 12.1. The van der Waals surface area contributed by atoms with Gasteiger partial charge in [0, 0.05) is 8.59 Å². The largest absolute Gasteiger partial charge is 0.505 e. The second kappa shape index (κ2) is 5.66. The molecule has 0 saturated carbocycles. The number of carbonyl (C=O) groups is 1. The average molecular weight is 389 g/mol. The first kappa shape index (κ1) is 14.0. The zero-order chi connectivity index (χ0) is 14.0. The zero-order valence-corrected chi connectivity index (χ0v) is 12.6. The normalized spacial score (nSPS) is 10.2. The molecule has 0 atom stereocenters. The van der Waals surface area contributed by atoms with E-state index in [1.165, 1.54) is 12.1 Å². The fourth-order valence-electron chi connectivity index (χ4n) is 1.53. The molecule has 0 spiro atoms. The number of amides is 1. The van der Waals surface area contributed by atoms with Gasteiger partial charge >= 0.3 is 0 Å². The number of phenols is 1. The predicted octanol–water partition coefficient (Wildman–Crippen LogP) is 3.48. The molecular weight excluding hydrogens is 379 g/mol. The van der Waals surface area contributed by atoms with Crippen molar-refractivity contribution in [3.05, 3.63) is 50.6 Å². The number of nitrogens with two attached hydrogens (primary N) is 1. The molecule has 0 aromatic heterocycles. The van der Waals surface area contributed by atoms with Crippen LogP contribution in [-0.2, 0) is 0 Å². The van der Waals surface area contributed by atoms with Crippen molar-refractivity contribution in [1.29, 1.82) is 0 Å². The highest BCUT2D eigenvalue weighted by Gasteiger charge is 2.14. The van der Waals surface area contributed by atoms with Crippen LogP contribution in [0.3, 0.4) is 0 Å². The number of halogens is 2. The molecule has 98 valence electrons. The van der Waals surface area contributed by atoms with Gasteiger partial charge < -0.3 is 16.2 Å². The third-order valence-electron chi connectivity index (χ3n) is 2.49. The van der Waals surface area contributed by atoms with Gasteiger partial charge in [0.2, 0.25) is 0 Å². The summed E-state index contributed by atoms with van der Waals surface area (Å²) in [5.41, 5.74) is 6.47. The summed E-state index contributed by atoms with van der Waals surface area (Å²) < 4.78 is 0.807. The van der Waals surface area contributed by atoms with Gasteiger partial charge in [-0.2, -0.15) is 0 Å². The van der Waals surface area contributed by atoms with E-state index in [1.807, 2.05) is 0 Å². The van der Waals surface area contributed by atoms with E-state index in [0.717, 1.165) is 3.57 Å². The van der Waals surface area contributed by atoms with E-state index in [2.05, 4.69) is 27.9 Å². The van der Waals surface area contributed by atoms with Crippen molar-refractivity contribution in [3.63, 3.8) is 0 Å². The molecule has 1 amide bonds. The van der Waals surface area contributed by atoms with E-state index in [0.29, 0.717) is 10.7 Å². The molecule has 0 radical (unpaired) electrons. The second-order valence-corrected chi connectivity index (χ2v) is 5.42. The van der Waals surface area contributed by atoms with Crippen LogP contribution in [-0.4, -0.2) is 11.0 Å². The molecule has 4 N–H and O–H groups in total. The summed E-state index contributed by atoms with van der Waals surface area (Å²) in [7, 11) is 0. The number of carbonyl (C=O) groups excluding carboxylic acids is 1. The first-order chi connectivity index (χ1) is 8.99. The van der Waals surface area contributed by atoms with Gasteiger partial charge in [-0.05, 0) is 52.9 Å². The molecule has 2 aromatic rings. The third-order valence-corrected chi connectivity index (χ3v) is 3.62. The minimum absolute atomic E-state index is 0.130. The molecule has 2 aromatic carbocycles. The van der Waals surface area contributed by atoms with Crippen molar-refractivity contribution in [2.45, 2.75) is 0 Å². The number of benzene rings is 2. The number of hydrogen-bond acceptors (Lipinski definition) is 3. The fourth-order valence-corrected chi connectivity index (χ4v) is 2.53. The Balaban J connectivity index is 2.28. The van der Waals surface area contributed by atoms with Gasteiger partial charge in [0.1, 0.15) is 0 Å². The molecule has 0 bridgehead atoms. The highest BCUT2D eigenvalue weighted by molar-refractivity contribution is 14.1. The second-order valence-electron chi connectivity index (χ2n) is 3.82. The average Bonchev–Trinajstić information content (AvgIpc) is 2.36. The quantitative estimate of drug-likeness (QED) is 0.419. The summed E-state index contributed by atoms with van der Waals surface area (Å²) in [5.74, 6) is -0.644. The van der Waals surface area contributed by atoms with Gasteiger partial charge in [-0.1, -0.05) is 17.7 Å². The summed E-state index contributed by atoms with van der Waals surface area (Å²) in [6.07, 6.45) is 0. The van der Waals surface area contributed by atoms with Gasteiger partial charge in [-0.15, -0.1) is 0 Å². The topological polar surface area (TPSA) is 75.4 Å². The number of nitrogen functional groups attached to an aromatic ring is 1. The maximum Gasteiger partial charge on any atom is 0.259 e. The van der Waals surface area contributed by atoms with Crippen molar-refractivity contribution >= 4 is 51.5 Å². The van der Waals surface area contributed by atoms with E-state index < -0.39 is 5.91 Å². The van der Waals surface area contributed by atoms with Crippen LogP contribution in [0.4, 0.5) is 11.4 Å². The predicted molar refractivity (Wildman–Crippen MR) is 84.6 cm³/mol. The third kappa shape index (κ3) is 3.10. The van der Waals surface area contributed by atoms with Gasteiger partial charge in [0.25, 0.3) is 5.91 Å². The van der Waals surface area contributed by atoms with Crippen LogP contribution in [0.25, 0.3) is 0 Å². The Kier molecular flexibility index (Phi) is 4.16. The number of nitrogens with one attached hydrogen (secondary N) is 1. The van der Waals surface area contributed by atoms with Crippen molar-refractivity contribution in [2.75, 3.05) is 11.1 Å². The van der Waals surface area contributed by atoms with Gasteiger partial charge in [-0.25, -0.2) is 0 Å². The summed E-state index contributed by atoms with van der Waals surface area (Å²) in [6.45, 7) is 0. The molecule has 2 rings (SSSR count). The Hall–Kier alpha value is -1.47. The molecule has 4 nitrogen and oxygen atoms in total. The lowest BCUT2D eigenvalue weighted by atomic mass is 10.1. The van der Waals surface area contributed by atoms with E-state index in [1.54, 1.807) is 24.3 Å². The van der Waals surface area contributed by atoms with Gasteiger partial charge in [0.15, 0.2) is 5.75 Å². The Morgan fingerprint density at radius 3 is 2.74 bits per heavy atom. The van der Waals surface area contributed by atoms with E-state index in [4.69, 9.17) is 17.3 Å². The summed E-state index contributed by atoms with van der Waals surface area (Å²) >= 11 is 7.91. The van der Waals surface area contributed by atoms with E-state index >= 15 is 0 Å². The van der Waals surface area contributed by atoms with Crippen molar-refractivity contribution in [3.8, 4) is 5.75 Å². The SMILES string of the molecule is Nc1cccc(C(=O)Nc2ccc(Cl)cc2I)c1O. The summed E-state index contributed by atoms with van der Waals surface area (Å²) in [4.78, 5) is 12.1. The van der Waals surface area contributed by atoms with Crippen LogP contribution in [0.5, 0.6) is 5.75 Å². The molecule has 0 unspecified atom stereocenters. The van der Waals surface area contributed by atoms with Crippen LogP contribution in [0.15, 0.2) is 36.4 Å². The number of para-hydroxylation sites is 1. The Morgan fingerprint density at radius 2 is 2.05 bits per heavy atom. The van der Waals surface area contributed by atoms with Gasteiger partial charge in [0.05, 0.1) is 16.9 Å². The highest BCUT2D eigenvalue weighted by atomic mass is 127. The highest BCUT2D eigenvalue weighted by Crippen LogP contribution is 2.27. The zero-order valence-electron chi connectivity index (χ0n) is 9.65. The van der Waals surface area contributed by atoms with Crippen molar-refractivity contribution < 1.29 is 9.90 Å². The van der Waals surface area contributed by atoms with Crippen LogP contribution < -0.4 is 11.1 Å². The fraction of sp³-hybridized carbons (Fsp3) is 0. The molecule has 6 heteroatoms. The lowest BCUT2D eigenvalue weighted by Crippen LogP contribution is -2.13. The molecule has 0 saturated heterocycles. The summed E-state index contributed by atoms with van der Waals surface area (Å²) in [5, 5.41) is 13.0. The molecule has 0 aliphatic rings. The molecule has 19 heavy (non-hydrogen) atoms. The number of aromatic hydroxyl groups is 1. The molecule has 0 fully saturated rings. The van der Waals surface area contributed by atoms with Crippen LogP contribution in [0.2, 0.25) is 5.02 Å². The van der Waals surface area contributed by atoms with Crippen molar-refractivity contribution in [2.24, 2.45) is 0 Å². The number of anilines is 2. The standard InChI is InChI=1S/C13H10ClIN2O2/c14-7-4-5-11(9(15)6-7)17-13(19)8-2-1-3-10(16)12(8)18/h1-6,18H,16H2,(H,17,19). The monoisotopic (exact) mass is 388 g/mol. The van der Waals surface area contributed by atoms with Crippen LogP contribution in [0, 0.1) is 3.57 Å². The lowest BCUT2D eigenvalue weighted by molar-refractivity contribution is 0.102. The Bertz CT molecular complexity index is 647. The van der Waals surface area contributed by atoms with Gasteiger partial charge in [-0.3, -0.25) is 4.79 Å². The number of phenolic OH excluding ortho intramolecular Hbond substituents is 1. The van der Waals surface area contributed by atoms with E-state index in [9.17, 15) is 9.90 Å². The first-order valence-electron chi connectivity index (χ1n) is 5.33. The molecular formula is C13H10ClIN2O2. The van der Waals surface area contributed by atoms with Crippen LogP contribution >= 0.6 is 34.2 Å². The molecule has 0 aliphatic heterocycles. The smallest absolute Gasteiger partial charge is 0.259 e. The maximum absolute atomic E-state index is 12.1. The Labute approximate surface area is 128 Å². The molecule has 0 aliphatic carbocycles. The van der Waals surface area contributed by atoms with E-state index in [-0.39, 0.29) is 17.0 Å². The Morgan fingerprint density at radius 1 is 1.32 bits per heavy atom. The minimum atomic E-state index is -0.426. The van der Waals surface area contributed by atoms with Crippen LogP contribution in [0.1, 0.15) is 10.4 Å². The van der Waals surface area contributed by atoms with Crippen molar-refractivity contribution in [1.82, 2.24) is 0 Å².